The number of piperazine rings is 1. The van der Waals surface area contributed by atoms with E-state index in [0.717, 1.165) is 49.2 Å². The maximum Gasteiger partial charge on any atom is 0.261 e. The van der Waals surface area contributed by atoms with Crippen molar-refractivity contribution in [2.45, 2.75) is 59.0 Å². The molecule has 2 amide bonds. The lowest BCUT2D eigenvalue weighted by Gasteiger charge is -2.61. The summed E-state index contributed by atoms with van der Waals surface area (Å²) in [4.78, 5) is 35.8. The van der Waals surface area contributed by atoms with E-state index in [2.05, 4.69) is 43.2 Å². The highest BCUT2D eigenvalue weighted by atomic mass is 16.5. The summed E-state index contributed by atoms with van der Waals surface area (Å²) in [7, 11) is 3.21. The molecule has 5 atom stereocenters. The average molecular weight is 588 g/mol. The quantitative estimate of drug-likeness (QED) is 0.276. The van der Waals surface area contributed by atoms with Crippen LogP contribution in [-0.4, -0.2) is 80.1 Å². The Bertz CT molecular complexity index is 1440. The van der Waals surface area contributed by atoms with Gasteiger partial charge in [-0.05, 0) is 79.2 Å². The van der Waals surface area contributed by atoms with E-state index in [1.54, 1.807) is 20.3 Å². The number of anilines is 1. The minimum Gasteiger partial charge on any atom is -0.497 e. The van der Waals surface area contributed by atoms with Gasteiger partial charge in [0.15, 0.2) is 5.96 Å². The van der Waals surface area contributed by atoms with E-state index in [0.29, 0.717) is 52.3 Å². The summed E-state index contributed by atoms with van der Waals surface area (Å²) in [5, 5.41) is 7.12. The van der Waals surface area contributed by atoms with E-state index in [1.165, 1.54) is 11.3 Å². The Morgan fingerprint density at radius 3 is 2.53 bits per heavy atom. The van der Waals surface area contributed by atoms with E-state index >= 15 is 0 Å². The number of nitrogens with zero attached hydrogens (tertiary/aromatic N) is 3. The Labute approximate surface area is 255 Å². The molecule has 3 saturated carbocycles. The van der Waals surface area contributed by atoms with Crippen LogP contribution in [0.3, 0.4) is 0 Å². The van der Waals surface area contributed by atoms with Gasteiger partial charge >= 0.3 is 0 Å². The van der Waals surface area contributed by atoms with Crippen LogP contribution in [0.25, 0.3) is 0 Å². The second-order valence-corrected chi connectivity index (χ2v) is 13.4. The van der Waals surface area contributed by atoms with Crippen LogP contribution in [0.5, 0.6) is 11.5 Å². The van der Waals surface area contributed by atoms with Gasteiger partial charge in [-0.1, -0.05) is 26.8 Å². The molecule has 9 nitrogen and oxygen atoms in total. The van der Waals surface area contributed by atoms with E-state index in [1.807, 2.05) is 30.3 Å². The zero-order chi connectivity index (χ0) is 30.5. The highest BCUT2D eigenvalue weighted by Crippen LogP contribution is 2.61. The van der Waals surface area contributed by atoms with Crippen molar-refractivity contribution < 1.29 is 19.1 Å². The summed E-state index contributed by atoms with van der Waals surface area (Å²) < 4.78 is 10.8. The molecule has 2 aromatic carbocycles. The number of rotatable bonds is 7. The first-order valence-electron chi connectivity index (χ1n) is 15.6. The molecule has 3 aliphatic carbocycles. The van der Waals surface area contributed by atoms with Gasteiger partial charge in [0, 0.05) is 44.0 Å². The lowest BCUT2D eigenvalue weighted by molar-refractivity contribution is -0.108. The topological polar surface area (TPSA) is 95.5 Å². The second-order valence-electron chi connectivity index (χ2n) is 13.4. The number of ether oxygens (including phenoxy) is 2. The number of carbonyl (C=O) groups excluding carboxylic acids is 2. The van der Waals surface area contributed by atoms with Gasteiger partial charge in [0.05, 0.1) is 31.4 Å². The molecule has 2 aromatic rings. The fourth-order valence-corrected chi connectivity index (χ4v) is 7.76. The fraction of sp³-hybridized carbons (Fsp3) is 0.559. The number of carbonyl (C=O) groups is 2. The van der Waals surface area contributed by atoms with Crippen molar-refractivity contribution in [3.8, 4) is 11.5 Å². The van der Waals surface area contributed by atoms with Crippen LogP contribution in [0, 0.1) is 23.2 Å². The van der Waals surface area contributed by atoms with Gasteiger partial charge < -0.3 is 25.0 Å². The van der Waals surface area contributed by atoms with Crippen molar-refractivity contribution >= 4 is 23.5 Å². The molecular formula is C34H45N5O4. The van der Waals surface area contributed by atoms with Crippen LogP contribution in [0.15, 0.2) is 41.4 Å². The monoisotopic (exact) mass is 587 g/mol. The van der Waals surface area contributed by atoms with Crippen molar-refractivity contribution in [2.75, 3.05) is 45.7 Å². The lowest BCUT2D eigenvalue weighted by Crippen LogP contribution is -2.57. The number of aliphatic imine (C=N–C) groups is 1. The minimum atomic E-state index is -0.270. The van der Waals surface area contributed by atoms with Crippen molar-refractivity contribution in [2.24, 2.45) is 28.2 Å². The summed E-state index contributed by atoms with van der Waals surface area (Å²) in [5.74, 6) is 3.64. The third-order valence-electron chi connectivity index (χ3n) is 10.6. The van der Waals surface area contributed by atoms with Crippen molar-refractivity contribution in [3.63, 3.8) is 0 Å². The number of benzene rings is 2. The number of hydrogen-bond acceptors (Lipinski definition) is 6. The third-order valence-corrected chi connectivity index (χ3v) is 10.6. The number of guanidine groups is 1. The molecule has 2 N–H and O–H groups in total. The first-order valence-corrected chi connectivity index (χ1v) is 15.6. The predicted octanol–water partition coefficient (Wildman–Crippen LogP) is 4.67. The van der Waals surface area contributed by atoms with Crippen LogP contribution in [0.4, 0.5) is 5.69 Å². The summed E-state index contributed by atoms with van der Waals surface area (Å²) in [5.41, 5.74) is 2.96. The van der Waals surface area contributed by atoms with Crippen molar-refractivity contribution in [1.29, 1.82) is 0 Å². The first-order chi connectivity index (χ1) is 20.6. The number of hydrogen-bond donors (Lipinski definition) is 2. The molecule has 230 valence electrons. The highest BCUT2D eigenvalue weighted by molar-refractivity contribution is 6.22. The van der Waals surface area contributed by atoms with Gasteiger partial charge in [0.25, 0.3) is 11.8 Å². The maximum absolute atomic E-state index is 13.5. The van der Waals surface area contributed by atoms with Gasteiger partial charge in [-0.15, -0.1) is 0 Å². The third kappa shape index (κ3) is 5.37. The van der Waals surface area contributed by atoms with Crippen LogP contribution in [-0.2, 0) is 6.42 Å². The molecule has 7 rings (SSSR count). The molecule has 0 unspecified atom stereocenters. The fourth-order valence-electron chi connectivity index (χ4n) is 7.76. The van der Waals surface area contributed by atoms with Crippen molar-refractivity contribution in [1.82, 2.24) is 15.1 Å². The second kappa shape index (κ2) is 11.5. The zero-order valence-corrected chi connectivity index (χ0v) is 26.3. The van der Waals surface area contributed by atoms with Crippen LogP contribution < -0.4 is 20.1 Å². The normalized spacial score (nSPS) is 28.0. The SMILES string of the molecule is COc1ccc(CCN2C(=O)c3ccc(N/C(=N/[C@H]4C[C@H]5C[C@@H]([C@@H]4C)C5(C)C)N4CCN[C@@H](C)C4)cc3C2=O)c(OC)c1. The van der Waals surface area contributed by atoms with Crippen LogP contribution >= 0.6 is 0 Å². The Morgan fingerprint density at radius 1 is 1.05 bits per heavy atom. The Hall–Kier alpha value is -3.59. The molecule has 0 spiro atoms. The molecule has 4 fully saturated rings. The number of methoxy groups -OCH3 is 2. The smallest absolute Gasteiger partial charge is 0.261 e. The Morgan fingerprint density at radius 2 is 1.84 bits per heavy atom. The summed E-state index contributed by atoms with van der Waals surface area (Å²) in [6.07, 6.45) is 2.92. The molecular weight excluding hydrogens is 542 g/mol. The molecule has 1 saturated heterocycles. The number of nitrogens with one attached hydrogen (secondary N) is 2. The first kappa shape index (κ1) is 29.5. The minimum absolute atomic E-state index is 0.262. The summed E-state index contributed by atoms with van der Waals surface area (Å²) >= 11 is 0. The molecule has 2 aliphatic heterocycles. The Kier molecular flexibility index (Phi) is 7.87. The molecule has 43 heavy (non-hydrogen) atoms. The zero-order valence-electron chi connectivity index (χ0n) is 26.3. The lowest BCUT2D eigenvalue weighted by atomic mass is 9.45. The maximum atomic E-state index is 13.5. The van der Waals surface area contributed by atoms with Gasteiger partial charge in [-0.25, -0.2) is 4.99 Å². The van der Waals surface area contributed by atoms with Crippen molar-refractivity contribution in [3.05, 3.63) is 53.1 Å². The van der Waals surface area contributed by atoms with Gasteiger partial charge in [-0.3, -0.25) is 14.5 Å². The highest BCUT2D eigenvalue weighted by Gasteiger charge is 2.56. The van der Waals surface area contributed by atoms with E-state index in [-0.39, 0.29) is 24.4 Å². The van der Waals surface area contributed by atoms with Crippen LogP contribution in [0.1, 0.15) is 66.8 Å². The van der Waals surface area contributed by atoms with E-state index < -0.39 is 0 Å². The Balaban J connectivity index is 1.21. The number of fused-ring (bicyclic) bond motifs is 3. The molecule has 2 heterocycles. The van der Waals surface area contributed by atoms with Gasteiger partial charge in [0.2, 0.25) is 0 Å². The van der Waals surface area contributed by atoms with Gasteiger partial charge in [0.1, 0.15) is 11.5 Å². The number of amides is 2. The molecule has 0 aromatic heterocycles. The molecule has 2 bridgehead atoms. The van der Waals surface area contributed by atoms with E-state index in [4.69, 9.17) is 14.5 Å². The van der Waals surface area contributed by atoms with Gasteiger partial charge in [-0.2, -0.15) is 0 Å². The van der Waals surface area contributed by atoms with E-state index in [9.17, 15) is 9.59 Å². The molecule has 0 radical (unpaired) electrons. The predicted molar refractivity (Wildman–Crippen MR) is 168 cm³/mol. The summed E-state index contributed by atoms with van der Waals surface area (Å²) in [6, 6.07) is 11.7. The largest absolute Gasteiger partial charge is 0.497 e. The molecule has 5 aliphatic rings. The summed E-state index contributed by atoms with van der Waals surface area (Å²) in [6.45, 7) is 12.3. The average Bonchev–Trinajstić information content (AvgIpc) is 3.24. The molecule has 9 heteroatoms. The number of imide groups is 1. The van der Waals surface area contributed by atoms with Crippen LogP contribution in [0.2, 0.25) is 0 Å². The standard InChI is InChI=1S/C34H45N5O4/c1-20-19-38(14-12-35-20)33(37-29-16-23-15-28(21(29)2)34(23,3)4)36-24-8-10-26-27(17-24)32(41)39(31(26)40)13-11-22-7-9-25(42-5)18-30(22)43-6/h7-10,17-18,20-21,23,28-29,35H,11-16,19H2,1-6H3,(H,36,37)/t20-,21-,23+,28-,29-/m0/s1.